The Balaban J connectivity index is 2.07. The lowest BCUT2D eigenvalue weighted by molar-refractivity contribution is 0.431. The second kappa shape index (κ2) is 4.71. The largest absolute Gasteiger partial charge is 0.508 e. The molecule has 1 unspecified atom stereocenters. The predicted molar refractivity (Wildman–Crippen MR) is 66.6 cm³/mol. The highest BCUT2D eigenvalue weighted by Gasteiger charge is 2.16. The van der Waals surface area contributed by atoms with Gasteiger partial charge in [-0.3, -0.25) is 0 Å². The van der Waals surface area contributed by atoms with Crippen molar-refractivity contribution in [3.8, 4) is 5.75 Å². The zero-order chi connectivity index (χ0) is 11.5. The minimum atomic E-state index is 0.199. The van der Waals surface area contributed by atoms with Crippen LogP contribution in [0.3, 0.4) is 0 Å². The van der Waals surface area contributed by atoms with E-state index in [-0.39, 0.29) is 6.04 Å². The van der Waals surface area contributed by atoms with Crippen LogP contribution >= 0.6 is 0 Å². The molecule has 0 bridgehead atoms. The van der Waals surface area contributed by atoms with E-state index in [0.717, 1.165) is 18.4 Å². The smallest absolute Gasteiger partial charge is 0.120 e. The molecule has 0 saturated heterocycles. The molecule has 1 aromatic carbocycles. The third kappa shape index (κ3) is 2.45. The van der Waals surface area contributed by atoms with Gasteiger partial charge in [0.15, 0.2) is 0 Å². The van der Waals surface area contributed by atoms with Crippen LogP contribution in [-0.2, 0) is 0 Å². The van der Waals surface area contributed by atoms with Crippen molar-refractivity contribution in [3.63, 3.8) is 0 Å². The first kappa shape index (κ1) is 11.2. The third-order valence-corrected chi connectivity index (χ3v) is 3.14. The van der Waals surface area contributed by atoms with Gasteiger partial charge in [0.05, 0.1) is 0 Å². The van der Waals surface area contributed by atoms with Crippen LogP contribution in [0.4, 0.5) is 0 Å². The molecule has 2 heteroatoms. The van der Waals surface area contributed by atoms with Crippen molar-refractivity contribution in [3.05, 3.63) is 41.5 Å². The van der Waals surface area contributed by atoms with Gasteiger partial charge in [-0.05, 0) is 32.8 Å². The van der Waals surface area contributed by atoms with E-state index >= 15 is 0 Å². The molecule has 1 aliphatic carbocycles. The fourth-order valence-corrected chi connectivity index (χ4v) is 2.22. The molecule has 1 aliphatic rings. The lowest BCUT2D eigenvalue weighted by atomic mass is 10.0. The molecule has 2 N–H and O–H groups in total. The first-order valence-electron chi connectivity index (χ1n) is 5.87. The summed E-state index contributed by atoms with van der Waals surface area (Å²) in [5.41, 5.74) is 2.18. The van der Waals surface area contributed by atoms with Gasteiger partial charge >= 0.3 is 0 Å². The van der Waals surface area contributed by atoms with E-state index in [2.05, 4.69) is 30.5 Å². The number of benzene rings is 1. The van der Waals surface area contributed by atoms with E-state index in [9.17, 15) is 5.11 Å². The summed E-state index contributed by atoms with van der Waals surface area (Å²) in [4.78, 5) is 0. The highest BCUT2D eigenvalue weighted by Crippen LogP contribution is 2.26. The third-order valence-electron chi connectivity index (χ3n) is 3.14. The van der Waals surface area contributed by atoms with Crippen molar-refractivity contribution in [1.82, 2.24) is 5.32 Å². The summed E-state index contributed by atoms with van der Waals surface area (Å²) in [7, 11) is 0. The highest BCUT2D eigenvalue weighted by atomic mass is 16.3. The Labute approximate surface area is 97.0 Å². The molecule has 16 heavy (non-hydrogen) atoms. The van der Waals surface area contributed by atoms with E-state index in [1.807, 2.05) is 13.0 Å². The molecular formula is C14H19NO. The Hall–Kier alpha value is -1.28. The van der Waals surface area contributed by atoms with Crippen molar-refractivity contribution >= 4 is 0 Å². The molecule has 0 heterocycles. The van der Waals surface area contributed by atoms with Gasteiger partial charge in [0.1, 0.15) is 5.75 Å². The molecule has 1 aromatic rings. The number of hydrogen-bond donors (Lipinski definition) is 2. The average Bonchev–Trinajstić information content (AvgIpc) is 2.74. The van der Waals surface area contributed by atoms with Gasteiger partial charge in [-0.15, -0.1) is 0 Å². The first-order valence-corrected chi connectivity index (χ1v) is 5.87. The van der Waals surface area contributed by atoms with Crippen molar-refractivity contribution in [2.45, 2.75) is 38.8 Å². The van der Waals surface area contributed by atoms with Crippen LogP contribution in [0, 0.1) is 6.92 Å². The molecule has 86 valence electrons. The maximum absolute atomic E-state index is 9.82. The molecule has 0 fully saturated rings. The fourth-order valence-electron chi connectivity index (χ4n) is 2.22. The topological polar surface area (TPSA) is 32.3 Å². The van der Waals surface area contributed by atoms with Crippen molar-refractivity contribution < 1.29 is 5.11 Å². The van der Waals surface area contributed by atoms with Crippen molar-refractivity contribution in [2.24, 2.45) is 0 Å². The molecule has 1 atom stereocenters. The van der Waals surface area contributed by atoms with Crippen LogP contribution in [0.15, 0.2) is 30.4 Å². The molecule has 0 aromatic heterocycles. The summed E-state index contributed by atoms with van der Waals surface area (Å²) in [6.07, 6.45) is 6.61. The molecule has 0 amide bonds. The van der Waals surface area contributed by atoms with Crippen LogP contribution in [0.1, 0.15) is 36.9 Å². The molecule has 2 rings (SSSR count). The maximum Gasteiger partial charge on any atom is 0.120 e. The van der Waals surface area contributed by atoms with Gasteiger partial charge in [-0.2, -0.15) is 0 Å². The Morgan fingerprint density at radius 3 is 2.69 bits per heavy atom. The lowest BCUT2D eigenvalue weighted by Gasteiger charge is -2.20. The summed E-state index contributed by atoms with van der Waals surface area (Å²) in [5.74, 6) is 0.386. The number of hydrogen-bond acceptors (Lipinski definition) is 2. The van der Waals surface area contributed by atoms with E-state index in [0.29, 0.717) is 11.8 Å². The Bertz CT molecular complexity index is 390. The maximum atomic E-state index is 9.82. The molecule has 0 aliphatic heterocycles. The number of rotatable bonds is 3. The quantitative estimate of drug-likeness (QED) is 0.763. The van der Waals surface area contributed by atoms with Crippen LogP contribution in [0.2, 0.25) is 0 Å². The monoisotopic (exact) mass is 217 g/mol. The molecule has 0 radical (unpaired) electrons. The zero-order valence-corrected chi connectivity index (χ0v) is 9.90. The van der Waals surface area contributed by atoms with Gasteiger partial charge in [0.25, 0.3) is 0 Å². The van der Waals surface area contributed by atoms with Gasteiger partial charge in [0.2, 0.25) is 0 Å². The molecule has 0 saturated carbocycles. The van der Waals surface area contributed by atoms with Gasteiger partial charge in [-0.25, -0.2) is 0 Å². The van der Waals surface area contributed by atoms with Crippen LogP contribution in [-0.4, -0.2) is 11.1 Å². The van der Waals surface area contributed by atoms with Crippen molar-refractivity contribution in [1.29, 1.82) is 0 Å². The Morgan fingerprint density at radius 1 is 1.31 bits per heavy atom. The minimum absolute atomic E-state index is 0.199. The SMILES string of the molecule is Cc1ccc(O)c(C(C)NC2CC=CC2)c1. The Kier molecular flexibility index (Phi) is 3.30. The molecule has 0 spiro atoms. The highest BCUT2D eigenvalue weighted by molar-refractivity contribution is 5.37. The fraction of sp³-hybridized carbons (Fsp3) is 0.429. The van der Waals surface area contributed by atoms with Crippen molar-refractivity contribution in [2.75, 3.05) is 0 Å². The predicted octanol–water partition coefficient (Wildman–Crippen LogP) is 3.07. The lowest BCUT2D eigenvalue weighted by Crippen LogP contribution is -2.29. The number of nitrogens with one attached hydrogen (secondary N) is 1. The van der Waals surface area contributed by atoms with Crippen LogP contribution in [0.25, 0.3) is 0 Å². The molecule has 2 nitrogen and oxygen atoms in total. The second-order valence-electron chi connectivity index (χ2n) is 4.59. The number of phenolic OH excluding ortho intramolecular Hbond substituents is 1. The number of phenols is 1. The van der Waals surface area contributed by atoms with Gasteiger partial charge in [-0.1, -0.05) is 29.8 Å². The first-order chi connectivity index (χ1) is 7.66. The minimum Gasteiger partial charge on any atom is -0.508 e. The summed E-state index contributed by atoms with van der Waals surface area (Å²) < 4.78 is 0. The number of aryl methyl sites for hydroxylation is 1. The van der Waals surface area contributed by atoms with Crippen LogP contribution in [0.5, 0.6) is 5.75 Å². The van der Waals surface area contributed by atoms with Gasteiger partial charge < -0.3 is 10.4 Å². The molecular weight excluding hydrogens is 198 g/mol. The normalized spacial score (nSPS) is 17.9. The summed E-state index contributed by atoms with van der Waals surface area (Å²) in [6, 6.07) is 6.48. The van der Waals surface area contributed by atoms with E-state index in [1.54, 1.807) is 6.07 Å². The number of aromatic hydroxyl groups is 1. The summed E-state index contributed by atoms with van der Waals surface area (Å²) in [5, 5.41) is 13.4. The Morgan fingerprint density at radius 2 is 2.00 bits per heavy atom. The summed E-state index contributed by atoms with van der Waals surface area (Å²) >= 11 is 0. The second-order valence-corrected chi connectivity index (χ2v) is 4.59. The zero-order valence-electron chi connectivity index (χ0n) is 9.90. The van der Waals surface area contributed by atoms with Crippen LogP contribution < -0.4 is 5.32 Å². The van der Waals surface area contributed by atoms with Gasteiger partial charge in [0, 0.05) is 17.6 Å². The summed E-state index contributed by atoms with van der Waals surface area (Å²) in [6.45, 7) is 4.15. The van der Waals surface area contributed by atoms with E-state index in [4.69, 9.17) is 0 Å². The van der Waals surface area contributed by atoms with E-state index < -0.39 is 0 Å². The average molecular weight is 217 g/mol. The van der Waals surface area contributed by atoms with E-state index in [1.165, 1.54) is 5.56 Å². The standard InChI is InChI=1S/C14H19NO/c1-10-7-8-14(16)13(9-10)11(2)15-12-5-3-4-6-12/h3-4,7-9,11-12,15-16H,5-6H2,1-2H3.